The molecule has 0 saturated carbocycles. The zero-order valence-corrected chi connectivity index (χ0v) is 11.4. The first kappa shape index (κ1) is 12.6. The Morgan fingerprint density at radius 2 is 2.12 bits per heavy atom. The summed E-state index contributed by atoms with van der Waals surface area (Å²) in [5, 5.41) is 0. The van der Waals surface area contributed by atoms with E-state index in [-0.39, 0.29) is 10.6 Å². The van der Waals surface area contributed by atoms with Crippen LogP contribution in [0.15, 0.2) is 12.1 Å². The van der Waals surface area contributed by atoms with E-state index >= 15 is 0 Å². The zero-order valence-electron chi connectivity index (χ0n) is 10.6. The van der Waals surface area contributed by atoms with Gasteiger partial charge in [0.1, 0.15) is 5.82 Å². The van der Waals surface area contributed by atoms with Crippen LogP contribution in [-0.4, -0.2) is 23.6 Å². The maximum Gasteiger partial charge on any atom is 0.128 e. The molecule has 0 bridgehead atoms. The number of nitrogen functional groups attached to an aromatic ring is 1. The summed E-state index contributed by atoms with van der Waals surface area (Å²) in [6, 6.07) is 3.29. The van der Waals surface area contributed by atoms with Gasteiger partial charge in [0.15, 0.2) is 0 Å². The molecular weight excluding hydrogens is 235 g/mol. The molecule has 0 unspecified atom stereocenters. The van der Waals surface area contributed by atoms with Gasteiger partial charge in [-0.3, -0.25) is 0 Å². The largest absolute Gasteiger partial charge is 0.397 e. The molecule has 0 aromatic heterocycles. The number of rotatable bonds is 1. The number of nitrogens with zero attached hydrogens (tertiary/aromatic N) is 1. The molecule has 94 valence electrons. The predicted molar refractivity (Wildman–Crippen MR) is 74.3 cm³/mol. The van der Waals surface area contributed by atoms with Crippen LogP contribution in [0.3, 0.4) is 0 Å². The molecule has 1 aliphatic heterocycles. The van der Waals surface area contributed by atoms with Crippen molar-refractivity contribution in [1.82, 2.24) is 0 Å². The first-order valence-corrected chi connectivity index (χ1v) is 6.82. The third-order valence-corrected chi connectivity index (χ3v) is 4.37. The van der Waals surface area contributed by atoms with E-state index in [4.69, 9.17) is 5.73 Å². The van der Waals surface area contributed by atoms with Crippen LogP contribution in [0.5, 0.6) is 0 Å². The van der Waals surface area contributed by atoms with Crippen molar-refractivity contribution in [2.45, 2.75) is 25.5 Å². The highest BCUT2D eigenvalue weighted by atomic mass is 32.2. The second kappa shape index (κ2) is 4.41. The first-order valence-electron chi connectivity index (χ1n) is 5.83. The summed E-state index contributed by atoms with van der Waals surface area (Å²) in [6.45, 7) is 8.17. The van der Waals surface area contributed by atoms with Crippen molar-refractivity contribution in [3.63, 3.8) is 0 Å². The van der Waals surface area contributed by atoms with Crippen molar-refractivity contribution in [3.8, 4) is 0 Å². The molecule has 0 spiro atoms. The summed E-state index contributed by atoms with van der Waals surface area (Å²) >= 11 is 1.98. The minimum absolute atomic E-state index is 0.225. The highest BCUT2D eigenvalue weighted by molar-refractivity contribution is 8.00. The number of hydrogen-bond acceptors (Lipinski definition) is 3. The van der Waals surface area contributed by atoms with E-state index in [9.17, 15) is 4.39 Å². The minimum Gasteiger partial charge on any atom is -0.397 e. The SMILES string of the molecule is Cc1cc(N2CCSC(C)(C)C2)c(N)cc1F. The van der Waals surface area contributed by atoms with Gasteiger partial charge in [-0.15, -0.1) is 0 Å². The highest BCUT2D eigenvalue weighted by Crippen LogP contribution is 2.35. The van der Waals surface area contributed by atoms with Crippen molar-refractivity contribution in [2.75, 3.05) is 29.5 Å². The number of nitrogens with two attached hydrogens (primary N) is 1. The summed E-state index contributed by atoms with van der Waals surface area (Å²) < 4.78 is 13.6. The molecule has 2 N–H and O–H groups in total. The Morgan fingerprint density at radius 3 is 2.76 bits per heavy atom. The van der Waals surface area contributed by atoms with Gasteiger partial charge in [0.05, 0.1) is 11.4 Å². The summed E-state index contributed by atoms with van der Waals surface area (Å²) in [4.78, 5) is 2.26. The fourth-order valence-electron chi connectivity index (χ4n) is 2.18. The Hall–Kier alpha value is -0.900. The molecule has 2 rings (SSSR count). The van der Waals surface area contributed by atoms with Crippen LogP contribution in [0.25, 0.3) is 0 Å². The molecule has 1 aromatic rings. The number of aryl methyl sites for hydroxylation is 1. The van der Waals surface area contributed by atoms with Gasteiger partial charge in [0, 0.05) is 23.6 Å². The molecule has 1 heterocycles. The van der Waals surface area contributed by atoms with Crippen LogP contribution in [0, 0.1) is 12.7 Å². The van der Waals surface area contributed by atoms with Crippen LogP contribution in [0.1, 0.15) is 19.4 Å². The lowest BCUT2D eigenvalue weighted by molar-refractivity contribution is 0.616. The molecule has 0 atom stereocenters. The average molecular weight is 254 g/mol. The molecule has 0 amide bonds. The van der Waals surface area contributed by atoms with Crippen LogP contribution >= 0.6 is 11.8 Å². The summed E-state index contributed by atoms with van der Waals surface area (Å²) in [6.07, 6.45) is 0. The smallest absolute Gasteiger partial charge is 0.128 e. The van der Waals surface area contributed by atoms with Gasteiger partial charge >= 0.3 is 0 Å². The third kappa shape index (κ3) is 2.68. The van der Waals surface area contributed by atoms with Crippen molar-refractivity contribution >= 4 is 23.1 Å². The van der Waals surface area contributed by atoms with Gasteiger partial charge in [-0.1, -0.05) is 0 Å². The average Bonchev–Trinajstić information content (AvgIpc) is 2.22. The number of benzene rings is 1. The summed E-state index contributed by atoms with van der Waals surface area (Å²) in [5.41, 5.74) is 8.09. The second-order valence-corrected chi connectivity index (χ2v) is 6.99. The lowest BCUT2D eigenvalue weighted by Gasteiger charge is -2.39. The van der Waals surface area contributed by atoms with Crippen molar-refractivity contribution in [3.05, 3.63) is 23.5 Å². The third-order valence-electron chi connectivity index (χ3n) is 3.07. The molecule has 0 aliphatic carbocycles. The van der Waals surface area contributed by atoms with Gasteiger partial charge in [-0.05, 0) is 38.5 Å². The Labute approximate surface area is 106 Å². The Balaban J connectivity index is 2.31. The summed E-state index contributed by atoms with van der Waals surface area (Å²) in [5.74, 6) is 0.861. The molecular formula is C13H19FN2S. The lowest BCUT2D eigenvalue weighted by Crippen LogP contribution is -2.43. The number of hydrogen-bond donors (Lipinski definition) is 1. The van der Waals surface area contributed by atoms with E-state index in [1.165, 1.54) is 6.07 Å². The minimum atomic E-state index is -0.225. The van der Waals surface area contributed by atoms with Gasteiger partial charge in [-0.25, -0.2) is 4.39 Å². The van der Waals surface area contributed by atoms with Crippen LogP contribution in [0.4, 0.5) is 15.8 Å². The summed E-state index contributed by atoms with van der Waals surface area (Å²) in [7, 11) is 0. The maximum absolute atomic E-state index is 13.4. The fourth-order valence-corrected chi connectivity index (χ4v) is 3.29. The van der Waals surface area contributed by atoms with Gasteiger partial charge < -0.3 is 10.6 Å². The maximum atomic E-state index is 13.4. The monoisotopic (exact) mass is 254 g/mol. The first-order chi connectivity index (χ1) is 7.89. The molecule has 1 aliphatic rings. The fraction of sp³-hybridized carbons (Fsp3) is 0.538. The molecule has 1 fully saturated rings. The van der Waals surface area contributed by atoms with Gasteiger partial charge in [0.2, 0.25) is 0 Å². The predicted octanol–water partition coefficient (Wildman–Crippen LogP) is 3.05. The molecule has 0 radical (unpaired) electrons. The topological polar surface area (TPSA) is 29.3 Å². The van der Waals surface area contributed by atoms with Crippen molar-refractivity contribution < 1.29 is 4.39 Å². The zero-order chi connectivity index (χ0) is 12.6. The molecule has 2 nitrogen and oxygen atoms in total. The van der Waals surface area contributed by atoms with Gasteiger partial charge in [0.25, 0.3) is 0 Å². The molecule has 1 aromatic carbocycles. The Bertz CT molecular complexity index is 432. The van der Waals surface area contributed by atoms with E-state index in [2.05, 4.69) is 18.7 Å². The lowest BCUT2D eigenvalue weighted by atomic mass is 10.1. The number of anilines is 2. The van der Waals surface area contributed by atoms with Crippen LogP contribution < -0.4 is 10.6 Å². The van der Waals surface area contributed by atoms with Crippen molar-refractivity contribution in [2.24, 2.45) is 0 Å². The van der Waals surface area contributed by atoms with E-state index < -0.39 is 0 Å². The van der Waals surface area contributed by atoms with Gasteiger partial charge in [-0.2, -0.15) is 11.8 Å². The molecule has 17 heavy (non-hydrogen) atoms. The molecule has 1 saturated heterocycles. The van der Waals surface area contributed by atoms with E-state index in [0.29, 0.717) is 11.3 Å². The Kier molecular flexibility index (Phi) is 3.25. The normalized spacial score (nSPS) is 19.4. The Morgan fingerprint density at radius 1 is 1.41 bits per heavy atom. The van der Waals surface area contributed by atoms with E-state index in [0.717, 1.165) is 24.5 Å². The van der Waals surface area contributed by atoms with E-state index in [1.54, 1.807) is 6.92 Å². The van der Waals surface area contributed by atoms with Crippen molar-refractivity contribution in [1.29, 1.82) is 0 Å². The number of thioether (sulfide) groups is 1. The highest BCUT2D eigenvalue weighted by Gasteiger charge is 2.28. The van der Waals surface area contributed by atoms with E-state index in [1.807, 2.05) is 17.8 Å². The van der Waals surface area contributed by atoms with Crippen LogP contribution in [-0.2, 0) is 0 Å². The quantitative estimate of drug-likeness (QED) is 0.781. The number of halogens is 1. The second-order valence-electron chi connectivity index (χ2n) is 5.19. The standard InChI is InChI=1S/C13H19FN2S/c1-9-6-12(11(15)7-10(9)14)16-4-5-17-13(2,3)8-16/h6-7H,4-5,8,15H2,1-3H3. The molecule has 4 heteroatoms. The van der Waals surface area contributed by atoms with Crippen LogP contribution in [0.2, 0.25) is 0 Å².